The number of carbonyl (C=O) groups excluding carboxylic acids is 1. The van der Waals surface area contributed by atoms with E-state index in [1.807, 2.05) is 19.9 Å². The van der Waals surface area contributed by atoms with Crippen molar-refractivity contribution in [2.75, 3.05) is 0 Å². The van der Waals surface area contributed by atoms with Crippen LogP contribution in [0.15, 0.2) is 12.2 Å². The molecule has 8 atom stereocenters. The van der Waals surface area contributed by atoms with Crippen molar-refractivity contribution in [3.8, 4) is 0 Å². The molecule has 6 heteroatoms. The topological polar surface area (TPSA) is 96.2 Å². The van der Waals surface area contributed by atoms with Crippen molar-refractivity contribution in [2.45, 2.75) is 76.7 Å². The zero-order valence-electron chi connectivity index (χ0n) is 14.2. The molecule has 2 rings (SSSR count). The van der Waals surface area contributed by atoms with Crippen LogP contribution in [0.4, 0.5) is 0 Å². The molecular weight excluding hydrogens is 300 g/mol. The number of ether oxygens (including phenoxy) is 2. The monoisotopic (exact) mass is 328 g/mol. The fourth-order valence-corrected chi connectivity index (χ4v) is 3.32. The van der Waals surface area contributed by atoms with Gasteiger partial charge in [0.15, 0.2) is 0 Å². The van der Waals surface area contributed by atoms with E-state index in [1.54, 1.807) is 19.9 Å². The Bertz CT molecular complexity index is 460. The van der Waals surface area contributed by atoms with Crippen LogP contribution in [0.1, 0.15) is 40.5 Å². The minimum Gasteiger partial charge on any atom is -0.460 e. The van der Waals surface area contributed by atoms with E-state index in [4.69, 9.17) is 9.47 Å². The number of fused-ring (bicyclic) bond motifs is 1. The van der Waals surface area contributed by atoms with Crippen LogP contribution in [0.25, 0.3) is 0 Å². The van der Waals surface area contributed by atoms with E-state index in [-0.39, 0.29) is 5.92 Å². The normalized spacial score (nSPS) is 41.4. The second-order valence-corrected chi connectivity index (χ2v) is 7.13. The van der Waals surface area contributed by atoms with Crippen LogP contribution in [0, 0.1) is 11.8 Å². The number of hydrogen-bond donors (Lipinski definition) is 3. The minimum atomic E-state index is -1.20. The molecule has 0 amide bonds. The third kappa shape index (κ3) is 3.94. The third-order valence-corrected chi connectivity index (χ3v) is 4.91. The summed E-state index contributed by atoms with van der Waals surface area (Å²) < 4.78 is 10.9. The highest BCUT2D eigenvalue weighted by molar-refractivity contribution is 5.76. The fraction of sp³-hybridized carbons (Fsp3) is 0.824. The number of rotatable bonds is 5. The van der Waals surface area contributed by atoms with Gasteiger partial charge in [-0.3, -0.25) is 4.79 Å². The minimum absolute atomic E-state index is 0.0921. The van der Waals surface area contributed by atoms with Gasteiger partial charge in [-0.15, -0.1) is 0 Å². The van der Waals surface area contributed by atoms with E-state index in [9.17, 15) is 20.1 Å². The van der Waals surface area contributed by atoms with Gasteiger partial charge in [-0.25, -0.2) is 0 Å². The van der Waals surface area contributed by atoms with Crippen LogP contribution in [0.2, 0.25) is 0 Å². The Kier molecular flexibility index (Phi) is 5.51. The van der Waals surface area contributed by atoms with Gasteiger partial charge in [0.2, 0.25) is 0 Å². The molecule has 0 radical (unpaired) electrons. The molecule has 0 aromatic carbocycles. The van der Waals surface area contributed by atoms with Gasteiger partial charge >= 0.3 is 5.97 Å². The van der Waals surface area contributed by atoms with Crippen LogP contribution in [-0.2, 0) is 14.3 Å². The third-order valence-electron chi connectivity index (χ3n) is 4.91. The summed E-state index contributed by atoms with van der Waals surface area (Å²) in [5.41, 5.74) is -0.735. The molecule has 6 nitrogen and oxygen atoms in total. The van der Waals surface area contributed by atoms with E-state index in [0.717, 1.165) is 0 Å². The maximum absolute atomic E-state index is 11.7. The van der Waals surface area contributed by atoms with Gasteiger partial charge in [-0.1, -0.05) is 26.0 Å². The summed E-state index contributed by atoms with van der Waals surface area (Å²) in [6.07, 6.45) is 0.760. The Morgan fingerprint density at radius 2 is 2.00 bits per heavy atom. The number of allylic oxidation sites excluding steroid dienone is 1. The van der Waals surface area contributed by atoms with Gasteiger partial charge in [0, 0.05) is 0 Å². The van der Waals surface area contributed by atoms with Crippen molar-refractivity contribution >= 4 is 5.97 Å². The lowest BCUT2D eigenvalue weighted by Gasteiger charge is -2.37. The van der Waals surface area contributed by atoms with Gasteiger partial charge in [0.1, 0.15) is 30.3 Å². The summed E-state index contributed by atoms with van der Waals surface area (Å²) in [7, 11) is 0. The van der Waals surface area contributed by atoms with Crippen LogP contribution in [-0.4, -0.2) is 57.4 Å². The summed E-state index contributed by atoms with van der Waals surface area (Å²) in [5, 5.41) is 30.5. The molecule has 2 saturated heterocycles. The molecule has 0 bridgehead atoms. The number of hydrogen-bond acceptors (Lipinski definition) is 6. The SMILES string of the molecule is CCC(C)(O)CC(C)C=CC1OC2C(C)OC(=O)C2C(O)C1O. The molecule has 2 aliphatic heterocycles. The van der Waals surface area contributed by atoms with Crippen molar-refractivity contribution in [2.24, 2.45) is 11.8 Å². The van der Waals surface area contributed by atoms with E-state index < -0.39 is 48.0 Å². The highest BCUT2D eigenvalue weighted by Gasteiger charge is 2.54. The maximum atomic E-state index is 11.7. The summed E-state index contributed by atoms with van der Waals surface area (Å²) in [4.78, 5) is 11.7. The van der Waals surface area contributed by atoms with Gasteiger partial charge in [0.05, 0.1) is 11.7 Å². The van der Waals surface area contributed by atoms with Crippen LogP contribution in [0.3, 0.4) is 0 Å². The summed E-state index contributed by atoms with van der Waals surface area (Å²) in [6, 6.07) is 0. The molecule has 3 N–H and O–H groups in total. The van der Waals surface area contributed by atoms with Crippen molar-refractivity contribution < 1.29 is 29.6 Å². The molecular formula is C17H28O6. The second kappa shape index (κ2) is 6.89. The zero-order valence-corrected chi connectivity index (χ0v) is 14.2. The summed E-state index contributed by atoms with van der Waals surface area (Å²) in [6.45, 7) is 7.41. The van der Waals surface area contributed by atoms with Gasteiger partial charge < -0.3 is 24.8 Å². The van der Waals surface area contributed by atoms with E-state index in [0.29, 0.717) is 12.8 Å². The number of esters is 1. The lowest BCUT2D eigenvalue weighted by Crippen LogP contribution is -2.55. The standard InChI is InChI=1S/C17H28O6/c1-5-17(4,21)8-9(2)6-7-11-13(18)14(19)12-15(23-11)10(3)22-16(12)20/h6-7,9-15,18-19,21H,5,8H2,1-4H3. The summed E-state index contributed by atoms with van der Waals surface area (Å²) >= 11 is 0. The molecule has 0 saturated carbocycles. The van der Waals surface area contributed by atoms with E-state index in [2.05, 4.69) is 0 Å². The van der Waals surface area contributed by atoms with Crippen LogP contribution >= 0.6 is 0 Å². The Morgan fingerprint density at radius 3 is 2.61 bits per heavy atom. The molecule has 0 aliphatic carbocycles. The molecule has 2 heterocycles. The van der Waals surface area contributed by atoms with Crippen molar-refractivity contribution in [1.82, 2.24) is 0 Å². The smallest absolute Gasteiger partial charge is 0.314 e. The quantitative estimate of drug-likeness (QED) is 0.510. The lowest BCUT2D eigenvalue weighted by molar-refractivity contribution is -0.180. The largest absolute Gasteiger partial charge is 0.460 e. The van der Waals surface area contributed by atoms with Crippen molar-refractivity contribution in [1.29, 1.82) is 0 Å². The first-order valence-corrected chi connectivity index (χ1v) is 8.29. The Morgan fingerprint density at radius 1 is 1.35 bits per heavy atom. The van der Waals surface area contributed by atoms with E-state index >= 15 is 0 Å². The molecule has 0 spiro atoms. The van der Waals surface area contributed by atoms with Gasteiger partial charge in [-0.05, 0) is 32.6 Å². The molecule has 0 aromatic heterocycles. The number of aliphatic hydroxyl groups excluding tert-OH is 2. The number of aliphatic hydroxyl groups is 3. The Hall–Kier alpha value is -0.950. The first kappa shape index (κ1) is 18.4. The molecule has 23 heavy (non-hydrogen) atoms. The Balaban J connectivity index is 2.03. The molecule has 2 fully saturated rings. The number of cyclic esters (lactones) is 1. The predicted octanol–water partition coefficient (Wildman–Crippen LogP) is 0.780. The lowest BCUT2D eigenvalue weighted by atomic mass is 9.85. The van der Waals surface area contributed by atoms with Crippen LogP contribution < -0.4 is 0 Å². The van der Waals surface area contributed by atoms with Gasteiger partial charge in [0.25, 0.3) is 0 Å². The zero-order chi connectivity index (χ0) is 17.4. The average Bonchev–Trinajstić information content (AvgIpc) is 2.75. The first-order chi connectivity index (χ1) is 10.7. The van der Waals surface area contributed by atoms with Crippen molar-refractivity contribution in [3.63, 3.8) is 0 Å². The molecule has 2 aliphatic rings. The second-order valence-electron chi connectivity index (χ2n) is 7.13. The van der Waals surface area contributed by atoms with Gasteiger partial charge in [-0.2, -0.15) is 0 Å². The average molecular weight is 328 g/mol. The highest BCUT2D eigenvalue weighted by Crippen LogP contribution is 2.35. The summed E-state index contributed by atoms with van der Waals surface area (Å²) in [5.74, 6) is -1.26. The number of carbonyl (C=O) groups is 1. The molecule has 8 unspecified atom stereocenters. The van der Waals surface area contributed by atoms with E-state index in [1.165, 1.54) is 0 Å². The molecule has 0 aromatic rings. The van der Waals surface area contributed by atoms with Crippen molar-refractivity contribution in [3.05, 3.63) is 12.2 Å². The van der Waals surface area contributed by atoms with Crippen LogP contribution in [0.5, 0.6) is 0 Å². The fourth-order valence-electron chi connectivity index (χ4n) is 3.32. The predicted molar refractivity (Wildman–Crippen MR) is 83.6 cm³/mol. The molecule has 132 valence electrons. The highest BCUT2D eigenvalue weighted by atomic mass is 16.6. The maximum Gasteiger partial charge on any atom is 0.314 e. The first-order valence-electron chi connectivity index (χ1n) is 8.29. The Labute approximate surface area is 137 Å².